The summed E-state index contributed by atoms with van der Waals surface area (Å²) in [4.78, 5) is -0.0659. The van der Waals surface area contributed by atoms with Crippen LogP contribution in [0.3, 0.4) is 0 Å². The molecule has 0 unspecified atom stereocenters. The summed E-state index contributed by atoms with van der Waals surface area (Å²) < 4.78 is 75.9. The Morgan fingerprint density at radius 2 is 1.89 bits per heavy atom. The summed E-state index contributed by atoms with van der Waals surface area (Å²) in [6.07, 6.45) is 5.47. The second kappa shape index (κ2) is 11.4. The molecule has 208 valence electrons. The largest absolute Gasteiger partial charge is 0.487 e. The summed E-state index contributed by atoms with van der Waals surface area (Å²) in [5, 5.41) is 9.83. The van der Waals surface area contributed by atoms with Crippen molar-refractivity contribution in [1.29, 1.82) is 0 Å². The summed E-state index contributed by atoms with van der Waals surface area (Å²) >= 11 is 0. The number of allylic oxidation sites excluding steroid dienone is 2. The van der Waals surface area contributed by atoms with E-state index in [4.69, 9.17) is 4.74 Å². The number of benzene rings is 2. The molecule has 1 heterocycles. The number of ether oxygens (including phenoxy) is 1. The van der Waals surface area contributed by atoms with Crippen LogP contribution in [-0.4, -0.2) is 69.4 Å². The average molecular weight is 567 g/mol. The van der Waals surface area contributed by atoms with E-state index in [9.17, 15) is 26.3 Å². The molecule has 4 rings (SSSR count). The predicted octanol–water partition coefficient (Wildman–Crippen LogP) is 3.87. The van der Waals surface area contributed by atoms with Crippen LogP contribution in [0.15, 0.2) is 58.3 Å². The molecule has 0 saturated carbocycles. The number of nitrogens with zero attached hydrogens (tertiary/aromatic N) is 2. The number of likely N-dealkylation sites (N-methyl/N-ethyl adjacent to an activating group) is 1. The van der Waals surface area contributed by atoms with Gasteiger partial charge in [-0.25, -0.2) is 21.2 Å². The lowest BCUT2D eigenvalue weighted by Crippen LogP contribution is -2.50. The van der Waals surface area contributed by atoms with E-state index in [0.717, 1.165) is 53.3 Å². The van der Waals surface area contributed by atoms with Crippen molar-refractivity contribution in [2.75, 3.05) is 26.7 Å². The highest BCUT2D eigenvalue weighted by atomic mass is 32.2. The minimum absolute atomic E-state index is 0.0149. The number of sulfonamides is 2. The first kappa shape index (κ1) is 28.7. The number of hydrogen-bond donors (Lipinski definition) is 1. The minimum atomic E-state index is -4.00. The summed E-state index contributed by atoms with van der Waals surface area (Å²) in [6.45, 7) is 3.04. The zero-order valence-corrected chi connectivity index (χ0v) is 23.5. The molecule has 0 saturated heterocycles. The number of rotatable bonds is 7. The molecule has 0 bridgehead atoms. The first-order valence-corrected chi connectivity index (χ1v) is 15.7. The Bertz CT molecular complexity index is 1390. The van der Waals surface area contributed by atoms with Crippen LogP contribution in [0.4, 0.5) is 4.39 Å². The Kier molecular flexibility index (Phi) is 8.63. The normalized spacial score (nSPS) is 23.1. The Morgan fingerprint density at radius 3 is 2.53 bits per heavy atom. The van der Waals surface area contributed by atoms with Gasteiger partial charge in [0.25, 0.3) is 0 Å². The van der Waals surface area contributed by atoms with E-state index in [-0.39, 0.29) is 35.2 Å². The van der Waals surface area contributed by atoms with Crippen molar-refractivity contribution in [1.82, 2.24) is 8.61 Å². The number of halogens is 1. The van der Waals surface area contributed by atoms with Gasteiger partial charge < -0.3 is 9.84 Å². The highest BCUT2D eigenvalue weighted by molar-refractivity contribution is 7.89. The maximum Gasteiger partial charge on any atom is 0.247 e. The van der Waals surface area contributed by atoms with E-state index in [1.807, 2.05) is 0 Å². The molecule has 0 spiro atoms. The maximum atomic E-state index is 13.7. The molecule has 8 nitrogen and oxygen atoms in total. The SMILES string of the molecule is C[C@H](CO)N1C[C@H](C)[C@H](CN(C)S(=O)(=O)c2ccc(F)cc2)Oc2cc(C3=CCCCC3)ccc2S1(=O)=O. The summed E-state index contributed by atoms with van der Waals surface area (Å²) in [6, 6.07) is 8.96. The fourth-order valence-corrected chi connectivity index (χ4v) is 7.89. The molecule has 1 N–H and O–H groups in total. The molecular formula is C27H35FN2O6S2. The molecule has 1 aliphatic carbocycles. The topological polar surface area (TPSA) is 104 Å². The van der Waals surface area contributed by atoms with Crippen molar-refractivity contribution < 1.29 is 31.1 Å². The Labute approximate surface area is 224 Å². The predicted molar refractivity (Wildman–Crippen MR) is 143 cm³/mol. The standard InChI is InChI=1S/C27H35FN2O6S2/c1-19-16-30(20(2)18-31)38(34,35)27-14-9-22(21-7-5-4-6-8-21)15-25(27)36-26(19)17-29(3)37(32,33)24-12-10-23(28)11-13-24/h7,9-15,19-20,26,31H,4-6,8,16-18H2,1-3H3/t19-,20+,26-/m0/s1. The van der Waals surface area contributed by atoms with Gasteiger partial charge in [-0.05, 0) is 80.1 Å². The monoisotopic (exact) mass is 566 g/mol. The van der Waals surface area contributed by atoms with E-state index in [1.54, 1.807) is 32.0 Å². The number of fused-ring (bicyclic) bond motifs is 1. The van der Waals surface area contributed by atoms with Crippen molar-refractivity contribution in [2.45, 2.75) is 61.5 Å². The van der Waals surface area contributed by atoms with Crippen molar-refractivity contribution in [3.8, 4) is 5.75 Å². The van der Waals surface area contributed by atoms with Crippen LogP contribution in [0.25, 0.3) is 5.57 Å². The molecule has 38 heavy (non-hydrogen) atoms. The Morgan fingerprint density at radius 1 is 1.18 bits per heavy atom. The highest BCUT2D eigenvalue weighted by Crippen LogP contribution is 2.37. The van der Waals surface area contributed by atoms with Gasteiger partial charge in [-0.3, -0.25) is 0 Å². The van der Waals surface area contributed by atoms with E-state index in [0.29, 0.717) is 0 Å². The Balaban J connectivity index is 1.74. The van der Waals surface area contributed by atoms with Gasteiger partial charge in [0.15, 0.2) is 0 Å². The van der Waals surface area contributed by atoms with Crippen LogP contribution in [-0.2, 0) is 20.0 Å². The van der Waals surface area contributed by atoms with Crippen LogP contribution in [0, 0.1) is 11.7 Å². The number of hydrogen-bond acceptors (Lipinski definition) is 6. The lowest BCUT2D eigenvalue weighted by atomic mass is 9.93. The number of aliphatic hydroxyl groups is 1. The smallest absolute Gasteiger partial charge is 0.247 e. The molecule has 0 aromatic heterocycles. The van der Waals surface area contributed by atoms with E-state index >= 15 is 0 Å². The third kappa shape index (κ3) is 5.81. The first-order valence-electron chi connectivity index (χ1n) is 12.8. The van der Waals surface area contributed by atoms with Crippen LogP contribution in [0.1, 0.15) is 45.1 Å². The van der Waals surface area contributed by atoms with Gasteiger partial charge in [-0.15, -0.1) is 0 Å². The van der Waals surface area contributed by atoms with E-state index in [1.165, 1.54) is 23.5 Å². The summed E-state index contributed by atoms with van der Waals surface area (Å²) in [7, 11) is -6.53. The fraction of sp³-hybridized carbons (Fsp3) is 0.481. The first-order chi connectivity index (χ1) is 17.9. The lowest BCUT2D eigenvalue weighted by Gasteiger charge is -2.37. The molecule has 11 heteroatoms. The second-order valence-electron chi connectivity index (χ2n) is 10.1. The van der Waals surface area contributed by atoms with Gasteiger partial charge >= 0.3 is 0 Å². The summed E-state index contributed by atoms with van der Waals surface area (Å²) in [5.41, 5.74) is 2.00. The van der Waals surface area contributed by atoms with Crippen LogP contribution in [0.2, 0.25) is 0 Å². The Hall–Kier alpha value is -2.31. The zero-order valence-electron chi connectivity index (χ0n) is 21.9. The fourth-order valence-electron chi connectivity index (χ4n) is 4.88. The minimum Gasteiger partial charge on any atom is -0.487 e. The van der Waals surface area contributed by atoms with Gasteiger partial charge in [0.2, 0.25) is 20.0 Å². The molecule has 0 radical (unpaired) electrons. The van der Waals surface area contributed by atoms with E-state index < -0.39 is 43.9 Å². The molecule has 2 aliphatic rings. The quantitative estimate of drug-likeness (QED) is 0.546. The van der Waals surface area contributed by atoms with Crippen molar-refractivity contribution >= 4 is 25.6 Å². The average Bonchev–Trinajstić information content (AvgIpc) is 2.90. The molecular weight excluding hydrogens is 531 g/mol. The van der Waals surface area contributed by atoms with Gasteiger partial charge in [0.1, 0.15) is 22.6 Å². The molecule has 0 amide bonds. The highest BCUT2D eigenvalue weighted by Gasteiger charge is 2.39. The van der Waals surface area contributed by atoms with Gasteiger partial charge in [0.05, 0.1) is 18.0 Å². The molecule has 0 fully saturated rings. The van der Waals surface area contributed by atoms with Crippen LogP contribution >= 0.6 is 0 Å². The lowest BCUT2D eigenvalue weighted by molar-refractivity contribution is 0.0904. The number of aliphatic hydroxyl groups excluding tert-OH is 1. The van der Waals surface area contributed by atoms with Gasteiger partial charge in [-0.2, -0.15) is 8.61 Å². The van der Waals surface area contributed by atoms with Crippen molar-refractivity contribution in [3.05, 3.63) is 59.9 Å². The molecule has 2 aromatic rings. The zero-order chi connectivity index (χ0) is 27.7. The van der Waals surface area contributed by atoms with Crippen molar-refractivity contribution in [3.63, 3.8) is 0 Å². The third-order valence-corrected chi connectivity index (χ3v) is 11.1. The summed E-state index contributed by atoms with van der Waals surface area (Å²) in [5.74, 6) is -0.799. The molecule has 1 aliphatic heterocycles. The second-order valence-corrected chi connectivity index (χ2v) is 14.0. The van der Waals surface area contributed by atoms with Gasteiger partial charge in [0, 0.05) is 25.6 Å². The molecule has 2 aromatic carbocycles. The van der Waals surface area contributed by atoms with Crippen LogP contribution < -0.4 is 4.74 Å². The maximum absolute atomic E-state index is 13.7. The van der Waals surface area contributed by atoms with Crippen LogP contribution in [0.5, 0.6) is 5.75 Å². The van der Waals surface area contributed by atoms with E-state index in [2.05, 4.69) is 6.08 Å². The van der Waals surface area contributed by atoms with Crippen molar-refractivity contribution in [2.24, 2.45) is 5.92 Å². The van der Waals surface area contributed by atoms with Gasteiger partial charge in [-0.1, -0.05) is 19.1 Å². The molecule has 3 atom stereocenters. The third-order valence-electron chi connectivity index (χ3n) is 7.29.